The van der Waals surface area contributed by atoms with Gasteiger partial charge in [0.1, 0.15) is 0 Å². The molecule has 0 aromatic heterocycles. The molecule has 0 saturated carbocycles. The SMILES string of the molecule is [C-]#C[Si](CC)(CC)CC.[Ce+3].[Cl-].[Cl-]. The summed E-state index contributed by atoms with van der Waals surface area (Å²) in [6, 6.07) is 3.55. The third-order valence-electron chi connectivity index (χ3n) is 2.30. The smallest absolute Gasteiger partial charge is 1.00 e. The maximum atomic E-state index is 7.12. The van der Waals surface area contributed by atoms with E-state index in [1.165, 1.54) is 18.1 Å². The van der Waals surface area contributed by atoms with Crippen molar-refractivity contribution < 1.29 is 66.6 Å². The second-order valence-electron chi connectivity index (χ2n) is 2.47. The molecule has 0 heterocycles. The summed E-state index contributed by atoms with van der Waals surface area (Å²) in [6.45, 7) is 6.54. The first-order valence-electron chi connectivity index (χ1n) is 3.68. The summed E-state index contributed by atoms with van der Waals surface area (Å²) in [4.78, 5) is 0. The van der Waals surface area contributed by atoms with E-state index in [-0.39, 0.29) is 66.6 Å². The van der Waals surface area contributed by atoms with Gasteiger partial charge in [0.05, 0.1) is 8.07 Å². The van der Waals surface area contributed by atoms with Crippen LogP contribution in [0.25, 0.3) is 0 Å². The van der Waals surface area contributed by atoms with Crippen LogP contribution < -0.4 is 24.8 Å². The van der Waals surface area contributed by atoms with Crippen molar-refractivity contribution in [2.45, 2.75) is 38.9 Å². The van der Waals surface area contributed by atoms with E-state index in [0.717, 1.165) is 0 Å². The molecule has 0 N–H and O–H groups in total. The third kappa shape index (κ3) is 7.17. The average Bonchev–Trinajstić information content (AvgIpc) is 1.95. The average molecular weight is 350 g/mol. The fourth-order valence-electron chi connectivity index (χ4n) is 1.02. The Morgan fingerprint density at radius 1 is 1.00 bits per heavy atom. The summed E-state index contributed by atoms with van der Waals surface area (Å²) in [5, 5.41) is 0. The van der Waals surface area contributed by atoms with Crippen LogP contribution in [0.4, 0.5) is 0 Å². The van der Waals surface area contributed by atoms with Crippen LogP contribution in [0.2, 0.25) is 18.1 Å². The molecule has 0 aliphatic carbocycles. The van der Waals surface area contributed by atoms with E-state index in [1.54, 1.807) is 0 Å². The Hall–Kier alpha value is 1.73. The maximum absolute atomic E-state index is 7.12. The van der Waals surface area contributed by atoms with Gasteiger partial charge in [-0.05, 0) is 0 Å². The molecule has 4 heteroatoms. The summed E-state index contributed by atoms with van der Waals surface area (Å²) < 4.78 is 0. The Balaban J connectivity index is -0.000000107. The Morgan fingerprint density at radius 2 is 1.25 bits per heavy atom. The van der Waals surface area contributed by atoms with Gasteiger partial charge in [-0.3, -0.25) is 0 Å². The molecule has 0 aromatic carbocycles. The second kappa shape index (κ2) is 12.7. The molecule has 0 nitrogen and oxygen atoms in total. The molecule has 12 heavy (non-hydrogen) atoms. The van der Waals surface area contributed by atoms with Crippen LogP contribution in [-0.2, 0) is 0 Å². The van der Waals surface area contributed by atoms with E-state index < -0.39 is 8.07 Å². The maximum Gasteiger partial charge on any atom is 3.00 e. The predicted molar refractivity (Wildman–Crippen MR) is 44.3 cm³/mol. The normalized spacial score (nSPS) is 8.17. The summed E-state index contributed by atoms with van der Waals surface area (Å²) in [5.41, 5.74) is 2.75. The molecular weight excluding hydrogens is 335 g/mol. The standard InChI is InChI=1S/C8H15Si.Ce.2ClH/c1-5-9(6-2,7-3)8-4;;;/h5-7H2,1-3H3;;2*1H/q-1;+3;;/p-2. The molecule has 0 saturated heterocycles. The molecule has 0 bridgehead atoms. The summed E-state index contributed by atoms with van der Waals surface area (Å²) in [5.74, 6) is 0. The minimum absolute atomic E-state index is 0. The van der Waals surface area contributed by atoms with E-state index in [4.69, 9.17) is 6.42 Å². The van der Waals surface area contributed by atoms with Crippen molar-refractivity contribution in [3.8, 4) is 5.54 Å². The Labute approximate surface area is 124 Å². The van der Waals surface area contributed by atoms with Crippen LogP contribution in [0.15, 0.2) is 0 Å². The first-order valence-corrected chi connectivity index (χ1v) is 6.30. The van der Waals surface area contributed by atoms with Crippen LogP contribution in [0.3, 0.4) is 0 Å². The number of hydrogen-bond acceptors (Lipinski definition) is 0. The van der Waals surface area contributed by atoms with Gasteiger partial charge < -0.3 is 36.8 Å². The molecule has 1 radical (unpaired) electrons. The van der Waals surface area contributed by atoms with E-state index in [2.05, 4.69) is 26.3 Å². The van der Waals surface area contributed by atoms with E-state index in [9.17, 15) is 0 Å². The molecule has 0 rings (SSSR count). The Morgan fingerprint density at radius 3 is 1.25 bits per heavy atom. The minimum atomic E-state index is -1.27. The van der Waals surface area contributed by atoms with Gasteiger partial charge in [-0.1, -0.05) is 38.9 Å². The minimum Gasteiger partial charge on any atom is -1.00 e. The Kier molecular flexibility index (Phi) is 24.9. The predicted octanol–water partition coefficient (Wildman–Crippen LogP) is -3.37. The van der Waals surface area contributed by atoms with Crippen molar-refractivity contribution >= 4 is 8.07 Å². The zero-order valence-corrected chi connectivity index (χ0v) is 13.5. The van der Waals surface area contributed by atoms with Crippen LogP contribution >= 0.6 is 0 Å². The topological polar surface area (TPSA) is 0 Å². The summed E-state index contributed by atoms with van der Waals surface area (Å²) >= 11 is 0. The van der Waals surface area contributed by atoms with Crippen molar-refractivity contribution in [2.24, 2.45) is 0 Å². The van der Waals surface area contributed by atoms with Gasteiger partial charge in [-0.25, -0.2) is 0 Å². The van der Waals surface area contributed by atoms with Crippen molar-refractivity contribution in [2.75, 3.05) is 0 Å². The van der Waals surface area contributed by atoms with Gasteiger partial charge >= 0.3 is 41.7 Å². The first-order chi connectivity index (χ1) is 4.24. The number of halogens is 2. The van der Waals surface area contributed by atoms with E-state index in [1.807, 2.05) is 0 Å². The molecular formula is C8H15CeCl2Si. The number of rotatable bonds is 3. The molecule has 0 aromatic rings. The zero-order valence-electron chi connectivity index (χ0n) is 7.88. The molecule has 0 spiro atoms. The quantitative estimate of drug-likeness (QED) is 0.283. The monoisotopic (exact) mass is 349 g/mol. The van der Waals surface area contributed by atoms with Gasteiger partial charge in [-0.15, -0.1) is 0 Å². The summed E-state index contributed by atoms with van der Waals surface area (Å²) in [7, 11) is -1.27. The first kappa shape index (κ1) is 23.5. The molecule has 0 fully saturated rings. The van der Waals surface area contributed by atoms with Gasteiger partial charge in [0, 0.05) is 0 Å². The fourth-order valence-corrected chi connectivity index (χ4v) is 3.05. The molecule has 0 atom stereocenters. The van der Waals surface area contributed by atoms with Crippen molar-refractivity contribution in [3.05, 3.63) is 6.42 Å². The van der Waals surface area contributed by atoms with Gasteiger partial charge in [0.15, 0.2) is 0 Å². The van der Waals surface area contributed by atoms with Crippen molar-refractivity contribution in [1.29, 1.82) is 0 Å². The fraction of sp³-hybridized carbons (Fsp3) is 0.750. The van der Waals surface area contributed by atoms with Gasteiger partial charge in [0.2, 0.25) is 0 Å². The van der Waals surface area contributed by atoms with Gasteiger partial charge in [0.25, 0.3) is 0 Å². The molecule has 0 unspecified atom stereocenters. The largest absolute Gasteiger partial charge is 3.00 e. The zero-order chi connectivity index (χ0) is 7.33. The Bertz CT molecular complexity index is 110. The molecule has 69 valence electrons. The molecule has 0 aliphatic rings. The van der Waals surface area contributed by atoms with Gasteiger partial charge in [-0.2, -0.15) is 0 Å². The molecule has 0 aliphatic heterocycles. The van der Waals surface area contributed by atoms with Crippen LogP contribution in [0, 0.1) is 53.7 Å². The third-order valence-corrected chi connectivity index (χ3v) is 6.89. The second-order valence-corrected chi connectivity index (χ2v) is 7.40. The van der Waals surface area contributed by atoms with Crippen LogP contribution in [-0.4, -0.2) is 8.07 Å². The van der Waals surface area contributed by atoms with Crippen LogP contribution in [0.5, 0.6) is 0 Å². The molecule has 0 amide bonds. The van der Waals surface area contributed by atoms with E-state index >= 15 is 0 Å². The van der Waals surface area contributed by atoms with Crippen molar-refractivity contribution in [1.82, 2.24) is 0 Å². The summed E-state index contributed by atoms with van der Waals surface area (Å²) in [6.07, 6.45) is 7.12. The van der Waals surface area contributed by atoms with Crippen LogP contribution in [0.1, 0.15) is 20.8 Å². The number of hydrogen-bond donors (Lipinski definition) is 0. The van der Waals surface area contributed by atoms with Crippen molar-refractivity contribution in [3.63, 3.8) is 0 Å². The van der Waals surface area contributed by atoms with E-state index in [0.29, 0.717) is 0 Å².